The van der Waals surface area contributed by atoms with Crippen molar-refractivity contribution in [3.8, 4) is 11.5 Å². The summed E-state index contributed by atoms with van der Waals surface area (Å²) in [6, 6.07) is 14.6. The van der Waals surface area contributed by atoms with Crippen molar-refractivity contribution in [2.75, 3.05) is 20.3 Å². The summed E-state index contributed by atoms with van der Waals surface area (Å²) in [4.78, 5) is 12.0. The highest BCUT2D eigenvalue weighted by molar-refractivity contribution is 9.10. The van der Waals surface area contributed by atoms with Gasteiger partial charge in [0.05, 0.1) is 18.1 Å². The molecule has 110 valence electrons. The van der Waals surface area contributed by atoms with Gasteiger partial charge in [0.15, 0.2) is 0 Å². The summed E-state index contributed by atoms with van der Waals surface area (Å²) in [5.74, 6) is 1.27. The van der Waals surface area contributed by atoms with E-state index >= 15 is 0 Å². The molecule has 0 saturated carbocycles. The van der Waals surface area contributed by atoms with E-state index in [0.29, 0.717) is 24.5 Å². The van der Waals surface area contributed by atoms with Gasteiger partial charge in [0.25, 0.3) is 5.91 Å². The first-order chi connectivity index (χ1) is 10.2. The first-order valence-electron chi connectivity index (χ1n) is 6.50. The van der Waals surface area contributed by atoms with Crippen molar-refractivity contribution in [1.29, 1.82) is 0 Å². The maximum atomic E-state index is 12.0. The van der Waals surface area contributed by atoms with E-state index in [-0.39, 0.29) is 5.91 Å². The van der Waals surface area contributed by atoms with Crippen molar-refractivity contribution in [3.05, 3.63) is 58.6 Å². The summed E-state index contributed by atoms with van der Waals surface area (Å²) < 4.78 is 11.6. The minimum Gasteiger partial charge on any atom is -0.497 e. The van der Waals surface area contributed by atoms with Gasteiger partial charge < -0.3 is 14.8 Å². The van der Waals surface area contributed by atoms with Gasteiger partial charge in [-0.15, -0.1) is 0 Å². The van der Waals surface area contributed by atoms with Gasteiger partial charge >= 0.3 is 0 Å². The molecule has 1 amide bonds. The number of rotatable bonds is 6. The summed E-state index contributed by atoms with van der Waals surface area (Å²) in [5.41, 5.74) is 0.565. The summed E-state index contributed by atoms with van der Waals surface area (Å²) >= 11 is 3.40. The van der Waals surface area contributed by atoms with Crippen molar-refractivity contribution in [1.82, 2.24) is 5.32 Å². The van der Waals surface area contributed by atoms with Gasteiger partial charge in [0.1, 0.15) is 18.1 Å². The fourth-order valence-corrected chi connectivity index (χ4v) is 2.15. The second-order valence-electron chi connectivity index (χ2n) is 4.27. The lowest BCUT2D eigenvalue weighted by atomic mass is 10.2. The fourth-order valence-electron chi connectivity index (χ4n) is 1.75. The molecule has 1 N–H and O–H groups in total. The Hall–Kier alpha value is -2.01. The van der Waals surface area contributed by atoms with Crippen LogP contribution in [0.1, 0.15) is 10.4 Å². The Morgan fingerprint density at radius 3 is 2.76 bits per heavy atom. The average molecular weight is 350 g/mol. The van der Waals surface area contributed by atoms with Crippen molar-refractivity contribution in [3.63, 3.8) is 0 Å². The molecular formula is C16H16BrNO3. The molecule has 5 heteroatoms. The van der Waals surface area contributed by atoms with Crippen molar-refractivity contribution >= 4 is 21.8 Å². The number of halogens is 1. The molecule has 0 spiro atoms. The third kappa shape index (κ3) is 4.49. The highest BCUT2D eigenvalue weighted by Gasteiger charge is 2.06. The lowest BCUT2D eigenvalue weighted by Crippen LogP contribution is -2.28. The van der Waals surface area contributed by atoms with Crippen LogP contribution < -0.4 is 14.8 Å². The van der Waals surface area contributed by atoms with Crippen LogP contribution in [0, 0.1) is 0 Å². The molecule has 21 heavy (non-hydrogen) atoms. The Balaban J connectivity index is 1.80. The van der Waals surface area contributed by atoms with Gasteiger partial charge in [-0.3, -0.25) is 4.79 Å². The molecule has 4 nitrogen and oxygen atoms in total. The molecule has 0 saturated heterocycles. The molecule has 0 atom stereocenters. The van der Waals surface area contributed by atoms with Crippen molar-refractivity contribution in [2.45, 2.75) is 0 Å². The summed E-state index contributed by atoms with van der Waals surface area (Å²) in [6.45, 7) is 0.829. The molecule has 0 aromatic heterocycles. The topological polar surface area (TPSA) is 47.6 Å². The molecule has 0 unspecified atom stereocenters. The number of amides is 1. The second-order valence-corrected chi connectivity index (χ2v) is 5.12. The zero-order valence-electron chi connectivity index (χ0n) is 11.6. The highest BCUT2D eigenvalue weighted by atomic mass is 79.9. The standard InChI is InChI=1S/C16H16BrNO3/c1-20-13-6-4-5-12(11-13)16(19)18-9-10-21-15-8-3-2-7-14(15)17/h2-8,11H,9-10H2,1H3,(H,18,19). The quantitative estimate of drug-likeness (QED) is 0.814. The Morgan fingerprint density at radius 2 is 2.00 bits per heavy atom. The van der Waals surface area contributed by atoms with E-state index in [0.717, 1.165) is 10.2 Å². The maximum Gasteiger partial charge on any atom is 0.251 e. The monoisotopic (exact) mass is 349 g/mol. The molecule has 0 radical (unpaired) electrons. The largest absolute Gasteiger partial charge is 0.497 e. The van der Waals surface area contributed by atoms with E-state index in [4.69, 9.17) is 9.47 Å². The number of para-hydroxylation sites is 1. The molecule has 0 fully saturated rings. The van der Waals surface area contributed by atoms with Crippen molar-refractivity contribution < 1.29 is 14.3 Å². The fraction of sp³-hybridized carbons (Fsp3) is 0.188. The van der Waals surface area contributed by atoms with Crippen LogP contribution in [0.25, 0.3) is 0 Å². The molecule has 0 heterocycles. The van der Waals surface area contributed by atoms with E-state index in [9.17, 15) is 4.79 Å². The van der Waals surface area contributed by atoms with E-state index < -0.39 is 0 Å². The summed E-state index contributed by atoms with van der Waals surface area (Å²) in [7, 11) is 1.57. The van der Waals surface area contributed by atoms with E-state index in [1.165, 1.54) is 0 Å². The highest BCUT2D eigenvalue weighted by Crippen LogP contribution is 2.23. The number of hydrogen-bond acceptors (Lipinski definition) is 3. The van der Waals surface area contributed by atoms with Crippen LogP contribution in [0.3, 0.4) is 0 Å². The van der Waals surface area contributed by atoms with Gasteiger partial charge in [0, 0.05) is 5.56 Å². The molecule has 2 aromatic rings. The van der Waals surface area contributed by atoms with Crippen LogP contribution in [-0.2, 0) is 0 Å². The van der Waals surface area contributed by atoms with Crippen LogP contribution in [-0.4, -0.2) is 26.2 Å². The van der Waals surface area contributed by atoms with E-state index in [1.54, 1.807) is 31.4 Å². The Morgan fingerprint density at radius 1 is 1.19 bits per heavy atom. The van der Waals surface area contributed by atoms with Crippen LogP contribution in [0.5, 0.6) is 11.5 Å². The number of methoxy groups -OCH3 is 1. The number of carbonyl (C=O) groups excluding carboxylic acids is 1. The van der Waals surface area contributed by atoms with Crippen molar-refractivity contribution in [2.24, 2.45) is 0 Å². The van der Waals surface area contributed by atoms with Gasteiger partial charge in [-0.25, -0.2) is 0 Å². The van der Waals surface area contributed by atoms with Crippen LogP contribution in [0.4, 0.5) is 0 Å². The minimum absolute atomic E-state index is 0.148. The van der Waals surface area contributed by atoms with E-state index in [2.05, 4.69) is 21.2 Å². The van der Waals surface area contributed by atoms with E-state index in [1.807, 2.05) is 24.3 Å². The Labute approximate surface area is 132 Å². The number of hydrogen-bond donors (Lipinski definition) is 1. The Kier molecular flexibility index (Phi) is 5.63. The van der Waals surface area contributed by atoms with Crippen LogP contribution >= 0.6 is 15.9 Å². The lowest BCUT2D eigenvalue weighted by molar-refractivity contribution is 0.0946. The second kappa shape index (κ2) is 7.69. The first kappa shape index (κ1) is 15.4. The number of benzene rings is 2. The molecule has 2 rings (SSSR count). The third-order valence-corrected chi connectivity index (χ3v) is 3.47. The zero-order chi connectivity index (χ0) is 15.1. The molecule has 0 aliphatic heterocycles. The maximum absolute atomic E-state index is 12.0. The summed E-state index contributed by atoms with van der Waals surface area (Å²) in [6.07, 6.45) is 0. The van der Waals surface area contributed by atoms with Crippen LogP contribution in [0.2, 0.25) is 0 Å². The summed E-state index contributed by atoms with van der Waals surface area (Å²) in [5, 5.41) is 2.81. The lowest BCUT2D eigenvalue weighted by Gasteiger charge is -2.09. The molecule has 0 aliphatic carbocycles. The first-order valence-corrected chi connectivity index (χ1v) is 7.29. The zero-order valence-corrected chi connectivity index (χ0v) is 13.2. The molecule has 0 aliphatic rings. The molecule has 2 aromatic carbocycles. The minimum atomic E-state index is -0.148. The van der Waals surface area contributed by atoms with Gasteiger partial charge in [0.2, 0.25) is 0 Å². The van der Waals surface area contributed by atoms with Crippen LogP contribution in [0.15, 0.2) is 53.0 Å². The van der Waals surface area contributed by atoms with Gasteiger partial charge in [-0.05, 0) is 46.3 Å². The number of ether oxygens (including phenoxy) is 2. The predicted octanol–water partition coefficient (Wildman–Crippen LogP) is 3.27. The number of nitrogens with one attached hydrogen (secondary N) is 1. The average Bonchev–Trinajstić information content (AvgIpc) is 2.53. The Bertz CT molecular complexity index is 616. The van der Waals surface area contributed by atoms with Gasteiger partial charge in [-0.2, -0.15) is 0 Å². The number of carbonyl (C=O) groups is 1. The SMILES string of the molecule is COc1cccc(C(=O)NCCOc2ccccc2Br)c1. The molecular weight excluding hydrogens is 334 g/mol. The third-order valence-electron chi connectivity index (χ3n) is 2.81. The normalized spacial score (nSPS) is 10.0. The van der Waals surface area contributed by atoms with Gasteiger partial charge in [-0.1, -0.05) is 18.2 Å². The smallest absolute Gasteiger partial charge is 0.251 e. The predicted molar refractivity (Wildman–Crippen MR) is 85.0 cm³/mol. The molecule has 0 bridgehead atoms.